The highest BCUT2D eigenvalue weighted by Gasteiger charge is 2.19. The average molecular weight is 521 g/mol. The molecule has 0 bridgehead atoms. The van der Waals surface area contributed by atoms with Crippen LogP contribution in [0.4, 0.5) is 17.1 Å². The van der Waals surface area contributed by atoms with Crippen LogP contribution in [0.3, 0.4) is 0 Å². The van der Waals surface area contributed by atoms with Gasteiger partial charge >= 0.3 is 5.69 Å². The van der Waals surface area contributed by atoms with Crippen molar-refractivity contribution < 1.29 is 28.4 Å². The van der Waals surface area contributed by atoms with Crippen molar-refractivity contribution in [2.24, 2.45) is 0 Å². The predicted molar refractivity (Wildman–Crippen MR) is 140 cm³/mol. The molecule has 2 amide bonds. The van der Waals surface area contributed by atoms with Crippen molar-refractivity contribution in [2.45, 2.75) is 0 Å². The van der Waals surface area contributed by atoms with Crippen LogP contribution in [0.15, 0.2) is 71.1 Å². The van der Waals surface area contributed by atoms with Crippen molar-refractivity contribution in [3.05, 3.63) is 88.2 Å². The van der Waals surface area contributed by atoms with E-state index in [0.717, 1.165) is 11.5 Å². The first kappa shape index (κ1) is 25.1. The van der Waals surface area contributed by atoms with Crippen LogP contribution in [-0.4, -0.2) is 36.1 Å². The van der Waals surface area contributed by atoms with E-state index in [1.54, 1.807) is 30.3 Å². The molecular weight excluding hydrogens is 500 g/mol. The average Bonchev–Trinajstić information content (AvgIpc) is 3.33. The van der Waals surface area contributed by atoms with Gasteiger partial charge < -0.3 is 24.5 Å². The molecular formula is C25H20N4O7S. The van der Waals surface area contributed by atoms with E-state index in [2.05, 4.69) is 16.0 Å². The summed E-state index contributed by atoms with van der Waals surface area (Å²) < 4.78 is 15.9. The van der Waals surface area contributed by atoms with E-state index in [1.807, 2.05) is 18.2 Å². The highest BCUT2D eigenvalue weighted by molar-refractivity contribution is 7.80. The molecule has 3 N–H and O–H groups in total. The number of amides is 2. The van der Waals surface area contributed by atoms with Crippen LogP contribution in [0.5, 0.6) is 11.5 Å². The third kappa shape index (κ3) is 5.65. The molecule has 0 saturated heterocycles. The van der Waals surface area contributed by atoms with Crippen LogP contribution < -0.4 is 25.4 Å². The number of nitrogens with one attached hydrogen (secondary N) is 3. The monoisotopic (exact) mass is 520 g/mol. The Balaban J connectivity index is 1.43. The molecule has 0 atom stereocenters. The van der Waals surface area contributed by atoms with E-state index in [9.17, 15) is 19.7 Å². The number of nitro benzene ring substituents is 1. The van der Waals surface area contributed by atoms with Crippen molar-refractivity contribution in [3.63, 3.8) is 0 Å². The Labute approximate surface area is 215 Å². The van der Waals surface area contributed by atoms with Crippen LogP contribution in [0, 0.1) is 10.1 Å². The Morgan fingerprint density at radius 3 is 2.38 bits per heavy atom. The fourth-order valence-electron chi connectivity index (χ4n) is 3.46. The van der Waals surface area contributed by atoms with E-state index in [-0.39, 0.29) is 27.9 Å². The second kappa shape index (κ2) is 10.7. The summed E-state index contributed by atoms with van der Waals surface area (Å²) in [4.78, 5) is 35.8. The Morgan fingerprint density at radius 1 is 0.919 bits per heavy atom. The molecule has 1 heterocycles. The van der Waals surface area contributed by atoms with Gasteiger partial charge in [-0.1, -0.05) is 18.2 Å². The zero-order valence-electron chi connectivity index (χ0n) is 19.6. The number of anilines is 2. The Bertz CT molecular complexity index is 1500. The first-order valence-corrected chi connectivity index (χ1v) is 11.1. The molecule has 12 heteroatoms. The second-order valence-corrected chi connectivity index (χ2v) is 7.98. The summed E-state index contributed by atoms with van der Waals surface area (Å²) in [5.74, 6) is -0.596. The smallest absolute Gasteiger partial charge is 0.311 e. The van der Waals surface area contributed by atoms with E-state index in [4.69, 9.17) is 26.1 Å². The number of methoxy groups -OCH3 is 2. The molecule has 0 unspecified atom stereocenters. The molecule has 188 valence electrons. The molecule has 0 aliphatic rings. The number of hydrogen-bond donors (Lipinski definition) is 3. The lowest BCUT2D eigenvalue weighted by Crippen LogP contribution is -2.34. The van der Waals surface area contributed by atoms with Crippen LogP contribution in [0.1, 0.15) is 20.9 Å². The van der Waals surface area contributed by atoms with Crippen LogP contribution >= 0.6 is 12.2 Å². The zero-order chi connectivity index (χ0) is 26.5. The van der Waals surface area contributed by atoms with Crippen molar-refractivity contribution in [3.8, 4) is 11.5 Å². The quantitative estimate of drug-likeness (QED) is 0.179. The van der Waals surface area contributed by atoms with E-state index in [1.165, 1.54) is 26.4 Å². The number of furan rings is 1. The van der Waals surface area contributed by atoms with Gasteiger partial charge in [0.15, 0.2) is 16.6 Å². The number of thiocarbonyl (C=S) groups is 1. The molecule has 4 rings (SSSR count). The summed E-state index contributed by atoms with van der Waals surface area (Å²) in [5.41, 5.74) is 1.12. The summed E-state index contributed by atoms with van der Waals surface area (Å²) in [7, 11) is 2.73. The lowest BCUT2D eigenvalue weighted by Gasteiger charge is -2.14. The first-order chi connectivity index (χ1) is 17.8. The minimum atomic E-state index is -0.648. The van der Waals surface area contributed by atoms with Crippen molar-refractivity contribution in [1.82, 2.24) is 5.32 Å². The number of nitrogens with zero attached hydrogens (tertiary/aromatic N) is 1. The summed E-state index contributed by atoms with van der Waals surface area (Å²) in [6, 6.07) is 17.5. The van der Waals surface area contributed by atoms with Gasteiger partial charge in [-0.2, -0.15) is 0 Å². The molecule has 0 spiro atoms. The number of hydrogen-bond acceptors (Lipinski definition) is 8. The van der Waals surface area contributed by atoms with Gasteiger partial charge in [-0.3, -0.25) is 25.0 Å². The number of benzene rings is 3. The largest absolute Gasteiger partial charge is 0.494 e. The predicted octanol–water partition coefficient (Wildman–Crippen LogP) is 4.74. The maximum Gasteiger partial charge on any atom is 0.311 e. The maximum atomic E-state index is 12.7. The standard InChI is InChI=1S/C25H20N4O7S/c1-34-20-10-7-15(11-18(20)29(32)33)23(30)28-25(37)26-16-8-9-17(21(13-16)35-2)27-24(31)22-12-14-5-3-4-6-19(14)36-22/h3-13H,1-2H3,(H,27,31)(H2,26,28,30,37). The number of carbonyl (C=O) groups excluding carboxylic acids is 2. The SMILES string of the molecule is COc1cc(NC(=S)NC(=O)c2ccc(OC)c([N+](=O)[O-])c2)ccc1NC(=O)c1cc2ccccc2o1. The number of nitro groups is 1. The lowest BCUT2D eigenvalue weighted by atomic mass is 10.1. The molecule has 0 aliphatic heterocycles. The normalized spacial score (nSPS) is 10.4. The summed E-state index contributed by atoms with van der Waals surface area (Å²) in [6.07, 6.45) is 0. The fraction of sp³-hybridized carbons (Fsp3) is 0.0800. The topological polar surface area (TPSA) is 145 Å². The van der Waals surface area contributed by atoms with Gasteiger partial charge in [0.2, 0.25) is 0 Å². The number of ether oxygens (including phenoxy) is 2. The third-order valence-electron chi connectivity index (χ3n) is 5.22. The van der Waals surface area contributed by atoms with Crippen molar-refractivity contribution in [2.75, 3.05) is 24.9 Å². The van der Waals surface area contributed by atoms with Crippen molar-refractivity contribution >= 4 is 57.2 Å². The highest BCUT2D eigenvalue weighted by atomic mass is 32.1. The van der Waals surface area contributed by atoms with Crippen LogP contribution in [0.25, 0.3) is 11.0 Å². The molecule has 3 aromatic carbocycles. The zero-order valence-corrected chi connectivity index (χ0v) is 20.4. The van der Waals surface area contributed by atoms with Gasteiger partial charge in [0.05, 0.1) is 24.8 Å². The van der Waals surface area contributed by atoms with Gasteiger partial charge in [-0.15, -0.1) is 0 Å². The van der Waals surface area contributed by atoms with Gasteiger partial charge in [-0.05, 0) is 48.6 Å². The van der Waals surface area contributed by atoms with Crippen LogP contribution in [0.2, 0.25) is 0 Å². The number of carbonyl (C=O) groups is 2. The fourth-order valence-corrected chi connectivity index (χ4v) is 3.67. The number of rotatable bonds is 7. The minimum Gasteiger partial charge on any atom is -0.494 e. The molecule has 0 radical (unpaired) electrons. The Morgan fingerprint density at radius 2 is 1.68 bits per heavy atom. The molecule has 1 aromatic heterocycles. The lowest BCUT2D eigenvalue weighted by molar-refractivity contribution is -0.385. The van der Waals surface area contributed by atoms with E-state index in [0.29, 0.717) is 22.7 Å². The molecule has 0 aliphatic carbocycles. The van der Waals surface area contributed by atoms with E-state index >= 15 is 0 Å². The Hall–Kier alpha value is -4.97. The number of para-hydroxylation sites is 1. The van der Waals surface area contributed by atoms with Gasteiger partial charge in [0.1, 0.15) is 11.3 Å². The summed E-state index contributed by atoms with van der Waals surface area (Å²) >= 11 is 5.20. The minimum absolute atomic E-state index is 0.0258. The van der Waals surface area contributed by atoms with Gasteiger partial charge in [-0.25, -0.2) is 0 Å². The molecule has 4 aromatic rings. The first-order valence-electron chi connectivity index (χ1n) is 10.7. The van der Waals surface area contributed by atoms with Gasteiger partial charge in [0, 0.05) is 28.8 Å². The van der Waals surface area contributed by atoms with Crippen molar-refractivity contribution in [1.29, 1.82) is 0 Å². The summed E-state index contributed by atoms with van der Waals surface area (Å²) in [5, 5.41) is 20.0. The maximum absolute atomic E-state index is 12.7. The molecule has 0 saturated carbocycles. The van der Waals surface area contributed by atoms with E-state index < -0.39 is 16.7 Å². The van der Waals surface area contributed by atoms with Crippen LogP contribution in [-0.2, 0) is 0 Å². The second-order valence-electron chi connectivity index (χ2n) is 7.57. The molecule has 37 heavy (non-hydrogen) atoms. The molecule has 11 nitrogen and oxygen atoms in total. The Kier molecular flexibility index (Phi) is 7.30. The third-order valence-corrected chi connectivity index (χ3v) is 5.43. The summed E-state index contributed by atoms with van der Waals surface area (Å²) in [6.45, 7) is 0. The number of fused-ring (bicyclic) bond motifs is 1. The highest BCUT2D eigenvalue weighted by Crippen LogP contribution is 2.30. The van der Waals surface area contributed by atoms with Gasteiger partial charge in [0.25, 0.3) is 11.8 Å². The molecule has 0 fully saturated rings.